The maximum Gasteiger partial charge on any atom is 0.0888 e. The number of aromatic nitrogens is 2. The summed E-state index contributed by atoms with van der Waals surface area (Å²) < 4.78 is 0. The lowest BCUT2D eigenvalue weighted by atomic mass is 10.0. The number of nitrogens with zero attached hydrogens (tertiary/aromatic N) is 3. The van der Waals surface area contributed by atoms with Crippen LogP contribution in [0.15, 0.2) is 30.7 Å². The molecule has 0 amide bonds. The van der Waals surface area contributed by atoms with Gasteiger partial charge in [0.05, 0.1) is 23.7 Å². The second-order valence-electron chi connectivity index (χ2n) is 3.15. The van der Waals surface area contributed by atoms with Crippen molar-refractivity contribution in [2.45, 2.75) is 12.8 Å². The summed E-state index contributed by atoms with van der Waals surface area (Å²) in [5, 5.41) is 9.86. The van der Waals surface area contributed by atoms with Crippen molar-refractivity contribution < 1.29 is 0 Å². The molecular formula is C11H9N3. The Balaban J connectivity index is 2.72. The Kier molecular flexibility index (Phi) is 2.11. The van der Waals surface area contributed by atoms with Gasteiger partial charge in [0.15, 0.2) is 0 Å². The topological polar surface area (TPSA) is 49.6 Å². The molecule has 0 fully saturated rings. The smallest absolute Gasteiger partial charge is 0.0888 e. The van der Waals surface area contributed by atoms with E-state index in [4.69, 9.17) is 5.26 Å². The minimum atomic E-state index is -0.143. The Bertz CT molecular complexity index is 494. The van der Waals surface area contributed by atoms with Gasteiger partial charge in [0, 0.05) is 17.8 Å². The first kappa shape index (κ1) is 8.64. The van der Waals surface area contributed by atoms with Crippen LogP contribution < -0.4 is 0 Å². The third kappa shape index (κ3) is 1.31. The molecule has 0 aliphatic rings. The van der Waals surface area contributed by atoms with Crippen LogP contribution in [0.4, 0.5) is 0 Å². The van der Waals surface area contributed by atoms with E-state index in [0.717, 1.165) is 16.5 Å². The van der Waals surface area contributed by atoms with Crippen LogP contribution in [0, 0.1) is 11.3 Å². The van der Waals surface area contributed by atoms with E-state index in [9.17, 15) is 0 Å². The highest BCUT2D eigenvalue weighted by molar-refractivity contribution is 5.81. The fourth-order valence-electron chi connectivity index (χ4n) is 1.44. The van der Waals surface area contributed by atoms with Crippen molar-refractivity contribution in [3.05, 3.63) is 36.3 Å². The van der Waals surface area contributed by atoms with Crippen molar-refractivity contribution in [1.82, 2.24) is 9.97 Å². The summed E-state index contributed by atoms with van der Waals surface area (Å²) in [7, 11) is 0. The molecule has 0 saturated heterocycles. The van der Waals surface area contributed by atoms with E-state index in [2.05, 4.69) is 16.0 Å². The van der Waals surface area contributed by atoms with Crippen molar-refractivity contribution in [1.29, 1.82) is 5.26 Å². The van der Waals surface area contributed by atoms with Gasteiger partial charge in [-0.15, -0.1) is 0 Å². The van der Waals surface area contributed by atoms with Gasteiger partial charge in [-0.1, -0.05) is 6.07 Å². The summed E-state index contributed by atoms with van der Waals surface area (Å²) in [6.45, 7) is 1.86. The molecule has 3 heteroatoms. The summed E-state index contributed by atoms with van der Waals surface area (Å²) in [6, 6.07) is 6.04. The Morgan fingerprint density at radius 2 is 2.29 bits per heavy atom. The molecule has 0 bridgehead atoms. The molecule has 0 aromatic carbocycles. The van der Waals surface area contributed by atoms with Crippen molar-refractivity contribution in [3.63, 3.8) is 0 Å². The number of hydrogen-bond acceptors (Lipinski definition) is 3. The normalized spacial score (nSPS) is 12.3. The maximum absolute atomic E-state index is 8.85. The average Bonchev–Trinajstić information content (AvgIpc) is 2.27. The van der Waals surface area contributed by atoms with Crippen molar-refractivity contribution in [2.75, 3.05) is 0 Å². The molecule has 2 aromatic heterocycles. The first-order chi connectivity index (χ1) is 6.83. The molecule has 0 aliphatic carbocycles. The lowest BCUT2D eigenvalue weighted by Crippen LogP contribution is -1.93. The largest absolute Gasteiger partial charge is 0.262 e. The van der Waals surface area contributed by atoms with Crippen molar-refractivity contribution in [3.8, 4) is 6.07 Å². The predicted molar refractivity (Wildman–Crippen MR) is 53.6 cm³/mol. The average molecular weight is 183 g/mol. The number of fused-ring (bicyclic) bond motifs is 1. The second kappa shape index (κ2) is 3.43. The quantitative estimate of drug-likeness (QED) is 0.681. The highest BCUT2D eigenvalue weighted by Crippen LogP contribution is 2.22. The van der Waals surface area contributed by atoms with Crippen LogP contribution in [-0.4, -0.2) is 9.97 Å². The standard InChI is InChI=1S/C11H9N3/c1-8(5-12)10-6-13-7-11-9(10)3-2-4-14-11/h2-4,6-8H,1H3. The summed E-state index contributed by atoms with van der Waals surface area (Å²) in [5.41, 5.74) is 1.78. The van der Waals surface area contributed by atoms with E-state index < -0.39 is 0 Å². The van der Waals surface area contributed by atoms with Gasteiger partial charge in [0.2, 0.25) is 0 Å². The number of rotatable bonds is 1. The molecule has 0 spiro atoms. The lowest BCUT2D eigenvalue weighted by Gasteiger charge is -2.05. The summed E-state index contributed by atoms with van der Waals surface area (Å²) in [4.78, 5) is 8.25. The van der Waals surface area contributed by atoms with Gasteiger partial charge in [0.25, 0.3) is 0 Å². The molecule has 14 heavy (non-hydrogen) atoms. The fourth-order valence-corrected chi connectivity index (χ4v) is 1.44. The molecule has 1 unspecified atom stereocenters. The first-order valence-electron chi connectivity index (χ1n) is 4.41. The number of pyridine rings is 2. The van der Waals surface area contributed by atoms with E-state index in [0.29, 0.717) is 0 Å². The Labute approximate surface area is 82.0 Å². The van der Waals surface area contributed by atoms with E-state index in [-0.39, 0.29) is 5.92 Å². The van der Waals surface area contributed by atoms with Gasteiger partial charge in [0.1, 0.15) is 0 Å². The van der Waals surface area contributed by atoms with E-state index >= 15 is 0 Å². The van der Waals surface area contributed by atoms with E-state index in [1.165, 1.54) is 0 Å². The monoisotopic (exact) mass is 183 g/mol. The molecule has 2 heterocycles. The zero-order chi connectivity index (χ0) is 9.97. The minimum absolute atomic E-state index is 0.143. The molecule has 2 rings (SSSR count). The van der Waals surface area contributed by atoms with Crippen LogP contribution >= 0.6 is 0 Å². The van der Waals surface area contributed by atoms with Gasteiger partial charge in [-0.05, 0) is 18.6 Å². The van der Waals surface area contributed by atoms with Gasteiger partial charge < -0.3 is 0 Å². The molecule has 3 nitrogen and oxygen atoms in total. The maximum atomic E-state index is 8.85. The third-order valence-electron chi connectivity index (χ3n) is 2.22. The Morgan fingerprint density at radius 1 is 1.43 bits per heavy atom. The predicted octanol–water partition coefficient (Wildman–Crippen LogP) is 2.26. The van der Waals surface area contributed by atoms with Crippen molar-refractivity contribution >= 4 is 10.9 Å². The number of nitriles is 1. The van der Waals surface area contributed by atoms with Crippen molar-refractivity contribution in [2.24, 2.45) is 0 Å². The Morgan fingerprint density at radius 3 is 3.07 bits per heavy atom. The molecule has 2 aromatic rings. The van der Waals surface area contributed by atoms with Crippen LogP contribution in [0.5, 0.6) is 0 Å². The van der Waals surface area contributed by atoms with Gasteiger partial charge >= 0.3 is 0 Å². The SMILES string of the molecule is CC(C#N)c1cncc2ncccc12. The molecular weight excluding hydrogens is 174 g/mol. The Hall–Kier alpha value is -1.95. The summed E-state index contributed by atoms with van der Waals surface area (Å²) >= 11 is 0. The molecule has 0 N–H and O–H groups in total. The molecule has 0 saturated carbocycles. The van der Waals surface area contributed by atoms with E-state index in [1.54, 1.807) is 18.6 Å². The van der Waals surface area contributed by atoms with E-state index in [1.807, 2.05) is 19.1 Å². The summed E-state index contributed by atoms with van der Waals surface area (Å²) in [6.07, 6.45) is 5.17. The van der Waals surface area contributed by atoms with Crippen LogP contribution in [0.1, 0.15) is 18.4 Å². The first-order valence-corrected chi connectivity index (χ1v) is 4.41. The van der Waals surface area contributed by atoms with Gasteiger partial charge in [-0.2, -0.15) is 5.26 Å². The second-order valence-corrected chi connectivity index (χ2v) is 3.15. The molecule has 1 atom stereocenters. The summed E-state index contributed by atoms with van der Waals surface area (Å²) in [5.74, 6) is -0.143. The lowest BCUT2D eigenvalue weighted by molar-refractivity contribution is 0.980. The molecule has 0 radical (unpaired) electrons. The van der Waals surface area contributed by atoms with Crippen LogP contribution in [0.3, 0.4) is 0 Å². The third-order valence-corrected chi connectivity index (χ3v) is 2.22. The highest BCUT2D eigenvalue weighted by atomic mass is 14.7. The van der Waals surface area contributed by atoms with Crippen LogP contribution in [-0.2, 0) is 0 Å². The number of hydrogen-bond donors (Lipinski definition) is 0. The fraction of sp³-hybridized carbons (Fsp3) is 0.182. The minimum Gasteiger partial charge on any atom is -0.262 e. The van der Waals surface area contributed by atoms with Crippen LogP contribution in [0.2, 0.25) is 0 Å². The highest BCUT2D eigenvalue weighted by Gasteiger charge is 2.08. The zero-order valence-electron chi connectivity index (χ0n) is 7.81. The zero-order valence-corrected chi connectivity index (χ0v) is 7.81. The molecule has 0 aliphatic heterocycles. The van der Waals surface area contributed by atoms with Gasteiger partial charge in [-0.25, -0.2) is 0 Å². The van der Waals surface area contributed by atoms with Gasteiger partial charge in [-0.3, -0.25) is 9.97 Å². The van der Waals surface area contributed by atoms with Crippen LogP contribution in [0.25, 0.3) is 10.9 Å². The molecule has 68 valence electrons.